The Morgan fingerprint density at radius 3 is 2.51 bits per heavy atom. The monoisotopic (exact) mass is 515 g/mol. The fraction of sp³-hybridized carbons (Fsp3) is 0.600. The van der Waals surface area contributed by atoms with Crippen LogP contribution in [0, 0.1) is 17.5 Å². The number of ether oxygens (including phenoxy) is 1. The van der Waals surface area contributed by atoms with Gasteiger partial charge in [0.05, 0.1) is 0 Å². The van der Waals surface area contributed by atoms with Gasteiger partial charge in [0.1, 0.15) is 0 Å². The van der Waals surface area contributed by atoms with E-state index in [0.29, 0.717) is 11.4 Å². The zero-order valence-corrected chi connectivity index (χ0v) is 21.5. The van der Waals surface area contributed by atoms with Crippen LogP contribution in [0.2, 0.25) is 0 Å². The first-order chi connectivity index (χ1) is 16.2. The number of nitrogens with zero attached hydrogens (tertiary/aromatic N) is 2. The molecular weight excluding hydrogens is 482 g/mol. The van der Waals surface area contributed by atoms with Crippen molar-refractivity contribution in [3.05, 3.63) is 51.7 Å². The summed E-state index contributed by atoms with van der Waals surface area (Å²) in [6.45, 7) is 9.56. The Morgan fingerprint density at radius 2 is 1.97 bits per heavy atom. The van der Waals surface area contributed by atoms with E-state index in [4.69, 9.17) is 4.74 Å². The molecule has 5 nitrogen and oxygen atoms in total. The van der Waals surface area contributed by atoms with Gasteiger partial charge in [-0.15, -0.1) is 11.3 Å². The summed E-state index contributed by atoms with van der Waals surface area (Å²) >= 11 is 0.926. The number of hydrogen-bond acceptors (Lipinski definition) is 5. The maximum atomic E-state index is 14.4. The van der Waals surface area contributed by atoms with Gasteiger partial charge in [-0.3, -0.25) is 9.88 Å². The van der Waals surface area contributed by atoms with E-state index >= 15 is 0 Å². The van der Waals surface area contributed by atoms with Crippen molar-refractivity contribution < 1.29 is 27.1 Å². The summed E-state index contributed by atoms with van der Waals surface area (Å²) in [5.74, 6) is 0. The average molecular weight is 516 g/mol. The number of rotatable bonds is 8. The lowest BCUT2D eigenvalue weighted by atomic mass is 9.76. The first-order valence-electron chi connectivity index (χ1n) is 11.7. The van der Waals surface area contributed by atoms with Gasteiger partial charge in [0.15, 0.2) is 5.13 Å². The highest BCUT2D eigenvalue weighted by Crippen LogP contribution is 2.49. The Morgan fingerprint density at radius 1 is 1.26 bits per heavy atom. The summed E-state index contributed by atoms with van der Waals surface area (Å²) in [4.78, 5) is 19.3. The van der Waals surface area contributed by atoms with Crippen LogP contribution < -0.4 is 5.32 Å². The number of aryl methyl sites for hydroxylation is 2. The average Bonchev–Trinajstić information content (AvgIpc) is 3.37. The number of carbonyl (C=O) groups is 1. The highest BCUT2D eigenvalue weighted by molar-refractivity contribution is 7.10. The van der Waals surface area contributed by atoms with E-state index < -0.39 is 29.3 Å². The first-order valence-corrected chi connectivity index (χ1v) is 12.5. The second kappa shape index (κ2) is 10.4. The van der Waals surface area contributed by atoms with Gasteiger partial charge in [-0.05, 0) is 84.2 Å². The molecule has 1 saturated heterocycles. The molecule has 0 aromatic carbocycles. The Balaban J connectivity index is 1.94. The third kappa shape index (κ3) is 6.52. The van der Waals surface area contributed by atoms with Crippen molar-refractivity contribution in [2.75, 3.05) is 13.1 Å². The molecular formula is C25H33F4N3O2S. The predicted molar refractivity (Wildman–Crippen MR) is 128 cm³/mol. The lowest BCUT2D eigenvalue weighted by Crippen LogP contribution is -2.52. The molecule has 1 fully saturated rings. The van der Waals surface area contributed by atoms with E-state index in [1.54, 1.807) is 26.1 Å². The van der Waals surface area contributed by atoms with Crippen LogP contribution in [0.5, 0.6) is 0 Å². The van der Waals surface area contributed by atoms with Crippen LogP contribution in [0.1, 0.15) is 56.7 Å². The van der Waals surface area contributed by atoms with Crippen molar-refractivity contribution in [3.63, 3.8) is 0 Å². The normalized spacial score (nSPS) is 20.3. The van der Waals surface area contributed by atoms with Gasteiger partial charge in [-0.1, -0.05) is 6.07 Å². The molecule has 0 radical (unpaired) electrons. The van der Waals surface area contributed by atoms with E-state index in [-0.39, 0.29) is 37.0 Å². The maximum Gasteiger partial charge on any atom is 0.426 e. The van der Waals surface area contributed by atoms with Crippen molar-refractivity contribution in [2.45, 2.75) is 77.7 Å². The standard InChI is InChI=1S/C25H33F4N3O2S/c1-16(2)31-22(33)34-21(25(27,28)29)24(11-10-19-8-9-20(26)35-19)12-13-32(15-24)23(4,5)18-7-6-17(3)30-14-18/h6-9,14,16,21H,10-13,15H2,1-5H3,(H,31,33)/t21-,24-/m1/s1. The molecule has 2 atom stereocenters. The van der Waals surface area contributed by atoms with Gasteiger partial charge < -0.3 is 10.1 Å². The predicted octanol–water partition coefficient (Wildman–Crippen LogP) is 6.22. The second-order valence-electron chi connectivity index (χ2n) is 10.1. The number of carbonyl (C=O) groups excluding carboxylic acids is 1. The summed E-state index contributed by atoms with van der Waals surface area (Å²) in [5.41, 5.74) is -0.234. The van der Waals surface area contributed by atoms with Gasteiger partial charge in [0.2, 0.25) is 6.10 Å². The fourth-order valence-corrected chi connectivity index (χ4v) is 5.44. The van der Waals surface area contributed by atoms with Crippen molar-refractivity contribution in [1.29, 1.82) is 0 Å². The zero-order valence-electron chi connectivity index (χ0n) is 20.7. The molecule has 1 aliphatic heterocycles. The van der Waals surface area contributed by atoms with Gasteiger partial charge in [-0.25, -0.2) is 4.79 Å². The second-order valence-corrected chi connectivity index (χ2v) is 11.2. The third-order valence-corrected chi connectivity index (χ3v) is 7.71. The van der Waals surface area contributed by atoms with Crippen LogP contribution in [0.25, 0.3) is 0 Å². The van der Waals surface area contributed by atoms with Crippen molar-refractivity contribution in [2.24, 2.45) is 5.41 Å². The number of nitrogens with one attached hydrogen (secondary N) is 1. The SMILES string of the molecule is Cc1ccc(C(C)(C)N2CC[C@@](CCc3ccc(F)s3)([C@@H](OC(=O)NC(C)C)C(F)(F)F)C2)cn1. The van der Waals surface area contributed by atoms with E-state index in [1.807, 2.05) is 37.8 Å². The number of alkyl halides is 3. The summed E-state index contributed by atoms with van der Waals surface area (Å²) < 4.78 is 62.0. The van der Waals surface area contributed by atoms with Gasteiger partial charge >= 0.3 is 12.3 Å². The van der Waals surface area contributed by atoms with Crippen LogP contribution in [0.15, 0.2) is 30.5 Å². The summed E-state index contributed by atoms with van der Waals surface area (Å²) in [7, 11) is 0. The third-order valence-electron chi connectivity index (χ3n) is 6.78. The first kappa shape index (κ1) is 27.4. The van der Waals surface area contributed by atoms with E-state index in [1.165, 1.54) is 6.07 Å². The van der Waals surface area contributed by atoms with Gasteiger partial charge in [-0.2, -0.15) is 17.6 Å². The minimum atomic E-state index is -4.76. The lowest BCUT2D eigenvalue weighted by molar-refractivity contribution is -0.238. The highest BCUT2D eigenvalue weighted by Gasteiger charge is 2.59. The molecule has 35 heavy (non-hydrogen) atoms. The van der Waals surface area contributed by atoms with Crippen molar-refractivity contribution in [1.82, 2.24) is 15.2 Å². The topological polar surface area (TPSA) is 54.5 Å². The number of thiophene rings is 1. The number of alkyl carbamates (subject to hydrolysis) is 1. The maximum absolute atomic E-state index is 14.4. The molecule has 3 heterocycles. The van der Waals surface area contributed by atoms with Crippen molar-refractivity contribution in [3.8, 4) is 0 Å². The molecule has 0 unspecified atom stereocenters. The molecule has 1 aliphatic rings. The molecule has 1 N–H and O–H groups in total. The Kier molecular flexibility index (Phi) is 8.16. The van der Waals surface area contributed by atoms with Crippen LogP contribution in [0.3, 0.4) is 0 Å². The number of likely N-dealkylation sites (tertiary alicyclic amines) is 1. The molecule has 1 amide bonds. The molecule has 10 heteroatoms. The molecule has 0 saturated carbocycles. The Labute approximate surface area is 207 Å². The molecule has 0 bridgehead atoms. The van der Waals surface area contributed by atoms with Crippen LogP contribution in [-0.2, 0) is 16.7 Å². The number of hydrogen-bond donors (Lipinski definition) is 1. The molecule has 194 valence electrons. The van der Waals surface area contributed by atoms with E-state index in [9.17, 15) is 22.4 Å². The minimum Gasteiger partial charge on any atom is -0.436 e. The summed E-state index contributed by atoms with van der Waals surface area (Å²) in [5, 5.41) is 2.03. The number of pyridine rings is 1. The molecule has 2 aromatic rings. The van der Waals surface area contributed by atoms with Gasteiger partial charge in [0, 0.05) is 40.3 Å². The minimum absolute atomic E-state index is 0.0703. The molecule has 0 spiro atoms. The van der Waals surface area contributed by atoms with Crippen LogP contribution in [0.4, 0.5) is 22.4 Å². The number of halogens is 4. The van der Waals surface area contributed by atoms with Crippen LogP contribution in [-0.4, -0.2) is 47.4 Å². The molecule has 3 rings (SSSR count). The fourth-order valence-electron chi connectivity index (χ4n) is 4.71. The number of amides is 1. The van der Waals surface area contributed by atoms with Crippen LogP contribution >= 0.6 is 11.3 Å². The number of aromatic nitrogens is 1. The van der Waals surface area contributed by atoms with Gasteiger partial charge in [0.25, 0.3) is 0 Å². The molecule has 0 aliphatic carbocycles. The Bertz CT molecular complexity index is 1010. The van der Waals surface area contributed by atoms with E-state index in [2.05, 4.69) is 10.3 Å². The Hall–Kier alpha value is -2.20. The summed E-state index contributed by atoms with van der Waals surface area (Å²) in [6, 6.07) is 6.36. The summed E-state index contributed by atoms with van der Waals surface area (Å²) in [6.07, 6.45) is -5.86. The van der Waals surface area contributed by atoms with Crippen molar-refractivity contribution >= 4 is 17.4 Å². The highest BCUT2D eigenvalue weighted by atomic mass is 32.1. The molecule has 2 aromatic heterocycles. The lowest BCUT2D eigenvalue weighted by Gasteiger charge is -2.41. The zero-order chi connectivity index (χ0) is 26.0. The quantitative estimate of drug-likeness (QED) is 0.425. The van der Waals surface area contributed by atoms with E-state index in [0.717, 1.165) is 22.6 Å². The largest absolute Gasteiger partial charge is 0.436 e. The smallest absolute Gasteiger partial charge is 0.426 e.